The van der Waals surface area contributed by atoms with Gasteiger partial charge < -0.3 is 15.2 Å². The van der Waals surface area contributed by atoms with Gasteiger partial charge >= 0.3 is 6.18 Å². The summed E-state index contributed by atoms with van der Waals surface area (Å²) in [5.74, 6) is 2.02. The maximum atomic E-state index is 12.9. The maximum Gasteiger partial charge on any atom is 0.416 e. The lowest BCUT2D eigenvalue weighted by Gasteiger charge is -2.14. The van der Waals surface area contributed by atoms with Crippen molar-refractivity contribution >= 4 is 29.9 Å². The van der Waals surface area contributed by atoms with Gasteiger partial charge in [0.05, 0.1) is 12.1 Å². The Morgan fingerprint density at radius 1 is 1.20 bits per heavy atom. The van der Waals surface area contributed by atoms with Gasteiger partial charge in [-0.3, -0.25) is 0 Å². The Morgan fingerprint density at radius 3 is 2.60 bits per heavy atom. The number of guanidine groups is 1. The van der Waals surface area contributed by atoms with Gasteiger partial charge in [0.15, 0.2) is 5.96 Å². The molecule has 1 aromatic carbocycles. The van der Waals surface area contributed by atoms with Gasteiger partial charge in [0.1, 0.15) is 12.2 Å². The Bertz CT molecular complexity index is 789. The first-order valence-corrected chi connectivity index (χ1v) is 9.84. The van der Waals surface area contributed by atoms with E-state index in [1.54, 1.807) is 12.4 Å². The number of benzene rings is 1. The summed E-state index contributed by atoms with van der Waals surface area (Å²) in [6, 6.07) is 5.26. The quantitative estimate of drug-likeness (QED) is 0.285. The van der Waals surface area contributed by atoms with E-state index in [1.165, 1.54) is 6.07 Å². The first-order chi connectivity index (χ1) is 13.8. The Morgan fingerprint density at radius 2 is 1.93 bits per heavy atom. The zero-order chi connectivity index (χ0) is 21.3. The normalized spacial score (nSPS) is 12.0. The molecule has 0 spiro atoms. The van der Waals surface area contributed by atoms with Crippen LogP contribution in [0.2, 0.25) is 0 Å². The van der Waals surface area contributed by atoms with Crippen LogP contribution < -0.4 is 10.6 Å². The summed E-state index contributed by atoms with van der Waals surface area (Å²) in [6.07, 6.45) is -0.906. The molecule has 0 amide bonds. The van der Waals surface area contributed by atoms with Crippen LogP contribution >= 0.6 is 24.0 Å². The van der Waals surface area contributed by atoms with Crippen LogP contribution in [0.4, 0.5) is 13.2 Å². The van der Waals surface area contributed by atoms with Crippen molar-refractivity contribution in [2.75, 3.05) is 13.1 Å². The molecule has 2 N–H and O–H groups in total. The minimum Gasteiger partial charge on any atom is -0.356 e. The van der Waals surface area contributed by atoms with Crippen molar-refractivity contribution in [2.45, 2.75) is 52.9 Å². The van der Waals surface area contributed by atoms with E-state index in [0.29, 0.717) is 30.5 Å². The minimum atomic E-state index is -4.36. The zero-order valence-electron chi connectivity index (χ0n) is 17.5. The van der Waals surface area contributed by atoms with Crippen LogP contribution in [-0.4, -0.2) is 33.8 Å². The highest BCUT2D eigenvalue weighted by Gasteiger charge is 2.30. The topological polar surface area (TPSA) is 67.1 Å². The molecule has 1 aromatic heterocycles. The number of nitrogens with one attached hydrogen (secondary N) is 2. The van der Waals surface area contributed by atoms with E-state index in [-0.39, 0.29) is 30.5 Å². The fourth-order valence-corrected chi connectivity index (χ4v) is 2.70. The Kier molecular flexibility index (Phi) is 11.1. The van der Waals surface area contributed by atoms with Crippen molar-refractivity contribution in [3.05, 3.63) is 47.5 Å². The summed E-state index contributed by atoms with van der Waals surface area (Å²) in [6.45, 7) is 8.45. The fraction of sp³-hybridized carbons (Fsp3) is 0.550. The second-order valence-corrected chi connectivity index (χ2v) is 7.19. The van der Waals surface area contributed by atoms with Gasteiger partial charge in [-0.05, 0) is 30.0 Å². The smallest absolute Gasteiger partial charge is 0.356 e. The largest absolute Gasteiger partial charge is 0.416 e. The van der Waals surface area contributed by atoms with Crippen molar-refractivity contribution in [1.82, 2.24) is 25.4 Å². The number of hydrogen-bond donors (Lipinski definition) is 2. The van der Waals surface area contributed by atoms with Gasteiger partial charge in [-0.2, -0.15) is 13.2 Å². The van der Waals surface area contributed by atoms with Crippen molar-refractivity contribution in [2.24, 2.45) is 10.9 Å². The number of aliphatic imine (C=N–C) groups is 1. The maximum absolute atomic E-state index is 12.9. The first-order valence-electron chi connectivity index (χ1n) is 9.84. The third-order valence-corrected chi connectivity index (χ3v) is 4.35. The van der Waals surface area contributed by atoms with E-state index in [2.05, 4.69) is 39.7 Å². The Labute approximate surface area is 192 Å². The lowest BCUT2D eigenvalue weighted by Crippen LogP contribution is -2.39. The summed E-state index contributed by atoms with van der Waals surface area (Å²) in [4.78, 5) is 4.46. The molecule has 2 aromatic rings. The van der Waals surface area contributed by atoms with E-state index < -0.39 is 11.7 Å². The standard InChI is InChI=1S/C20H29F3N6.HI/c1-4-18-28-27-14-29(18)11-10-25-19(24-9-8-15(2)3)26-13-16-6-5-7-17(12-16)20(21,22)23;/h5-7,12,14-15H,4,8-11,13H2,1-3H3,(H2,24,25,26);1H. The molecule has 6 nitrogen and oxygen atoms in total. The second-order valence-electron chi connectivity index (χ2n) is 7.19. The molecular weight excluding hydrogens is 508 g/mol. The molecule has 0 fully saturated rings. The summed E-state index contributed by atoms with van der Waals surface area (Å²) in [5, 5.41) is 14.5. The van der Waals surface area contributed by atoms with Gasteiger partial charge in [-0.1, -0.05) is 32.9 Å². The molecule has 168 valence electrons. The van der Waals surface area contributed by atoms with Gasteiger partial charge in [0.25, 0.3) is 0 Å². The molecule has 0 radical (unpaired) electrons. The second kappa shape index (κ2) is 12.8. The summed E-state index contributed by atoms with van der Waals surface area (Å²) in [7, 11) is 0. The number of aryl methyl sites for hydroxylation is 1. The highest BCUT2D eigenvalue weighted by Crippen LogP contribution is 2.29. The molecule has 0 aliphatic rings. The fourth-order valence-electron chi connectivity index (χ4n) is 2.70. The predicted molar refractivity (Wildman–Crippen MR) is 123 cm³/mol. The molecule has 0 atom stereocenters. The number of hydrogen-bond acceptors (Lipinski definition) is 3. The summed E-state index contributed by atoms with van der Waals surface area (Å²) < 4.78 is 40.7. The molecule has 10 heteroatoms. The van der Waals surface area contributed by atoms with Crippen molar-refractivity contribution in [1.29, 1.82) is 0 Å². The van der Waals surface area contributed by atoms with Crippen LogP contribution in [0.3, 0.4) is 0 Å². The number of alkyl halides is 3. The number of halogens is 4. The van der Waals surface area contributed by atoms with Crippen molar-refractivity contribution < 1.29 is 13.2 Å². The third-order valence-electron chi connectivity index (χ3n) is 4.35. The Hall–Kier alpha value is -1.85. The predicted octanol–water partition coefficient (Wildman–Crippen LogP) is 4.26. The summed E-state index contributed by atoms with van der Waals surface area (Å²) in [5.41, 5.74) is -0.149. The van der Waals surface area contributed by atoms with Crippen molar-refractivity contribution in [3.63, 3.8) is 0 Å². The van der Waals surface area contributed by atoms with Gasteiger partial charge in [-0.25, -0.2) is 4.99 Å². The molecule has 0 aliphatic carbocycles. The van der Waals surface area contributed by atoms with E-state index in [1.807, 2.05) is 11.5 Å². The Balaban J connectivity index is 0.00000450. The van der Waals surface area contributed by atoms with Crippen molar-refractivity contribution in [3.8, 4) is 0 Å². The lowest BCUT2D eigenvalue weighted by atomic mass is 10.1. The van der Waals surface area contributed by atoms with E-state index in [4.69, 9.17) is 0 Å². The average molecular weight is 538 g/mol. The molecule has 0 unspecified atom stereocenters. The first kappa shape index (κ1) is 26.2. The lowest BCUT2D eigenvalue weighted by molar-refractivity contribution is -0.137. The number of aromatic nitrogens is 3. The van der Waals surface area contributed by atoms with Crippen LogP contribution in [0.25, 0.3) is 0 Å². The zero-order valence-corrected chi connectivity index (χ0v) is 19.9. The molecule has 0 saturated carbocycles. The van der Waals surface area contributed by atoms with Gasteiger partial charge in [0, 0.05) is 26.1 Å². The molecule has 0 bridgehead atoms. The van der Waals surface area contributed by atoms with E-state index in [9.17, 15) is 13.2 Å². The number of nitrogens with zero attached hydrogens (tertiary/aromatic N) is 4. The third kappa shape index (κ3) is 8.88. The van der Waals surface area contributed by atoms with E-state index in [0.717, 1.165) is 37.3 Å². The molecular formula is C20H30F3IN6. The van der Waals surface area contributed by atoms with Gasteiger partial charge in [0.2, 0.25) is 0 Å². The molecule has 1 heterocycles. The van der Waals surface area contributed by atoms with E-state index >= 15 is 0 Å². The summed E-state index contributed by atoms with van der Waals surface area (Å²) >= 11 is 0. The molecule has 0 aliphatic heterocycles. The average Bonchev–Trinajstić information content (AvgIpc) is 3.12. The highest BCUT2D eigenvalue weighted by molar-refractivity contribution is 14.0. The van der Waals surface area contributed by atoms with Crippen LogP contribution in [0.15, 0.2) is 35.6 Å². The molecule has 30 heavy (non-hydrogen) atoms. The molecule has 0 saturated heterocycles. The van der Waals surface area contributed by atoms with Crippen LogP contribution in [0.1, 0.15) is 44.1 Å². The number of rotatable bonds is 9. The molecule has 2 rings (SSSR count). The monoisotopic (exact) mass is 538 g/mol. The van der Waals surface area contributed by atoms with Crippen LogP contribution in [-0.2, 0) is 25.7 Å². The van der Waals surface area contributed by atoms with Crippen LogP contribution in [0.5, 0.6) is 0 Å². The SMILES string of the molecule is CCc1nncn1CCNC(=NCc1cccc(C(F)(F)F)c1)NCCC(C)C.I. The highest BCUT2D eigenvalue weighted by atomic mass is 127. The van der Waals surface area contributed by atoms with Gasteiger partial charge in [-0.15, -0.1) is 34.2 Å². The minimum absolute atomic E-state index is 0. The van der Waals surface area contributed by atoms with Crippen LogP contribution in [0, 0.1) is 5.92 Å².